The molecule has 0 aliphatic rings. The van der Waals surface area contributed by atoms with Crippen molar-refractivity contribution >= 4 is 11.8 Å². The lowest BCUT2D eigenvalue weighted by atomic mass is 10.0. The maximum Gasteiger partial charge on any atom is 0.0438 e. The number of aliphatic hydroxyl groups excluding tert-OH is 1. The molecule has 0 spiro atoms. The summed E-state index contributed by atoms with van der Waals surface area (Å²) in [6.07, 6.45) is 4.90. The van der Waals surface area contributed by atoms with Crippen LogP contribution in [0, 0.1) is 5.92 Å². The summed E-state index contributed by atoms with van der Waals surface area (Å²) in [4.78, 5) is 0. The Morgan fingerprint density at radius 1 is 1.06 bits per heavy atom. The zero-order chi connectivity index (χ0) is 12.2. The van der Waals surface area contributed by atoms with Crippen LogP contribution in [0.4, 0.5) is 0 Å². The molecule has 98 valence electrons. The molecule has 0 heterocycles. The second-order valence-corrected chi connectivity index (χ2v) is 6.09. The number of hydrogen-bond donors (Lipinski definition) is 2. The molecule has 1 unspecified atom stereocenters. The molecule has 0 aliphatic heterocycles. The van der Waals surface area contributed by atoms with Crippen LogP contribution in [0.15, 0.2) is 0 Å². The van der Waals surface area contributed by atoms with Crippen LogP contribution in [0.5, 0.6) is 0 Å². The van der Waals surface area contributed by atoms with Gasteiger partial charge in [0.05, 0.1) is 0 Å². The molecule has 0 bridgehead atoms. The van der Waals surface area contributed by atoms with Gasteiger partial charge >= 0.3 is 0 Å². The fraction of sp³-hybridized carbons (Fsp3) is 1.00. The van der Waals surface area contributed by atoms with Crippen molar-refractivity contribution in [2.24, 2.45) is 5.92 Å². The fourth-order valence-corrected chi connectivity index (χ4v) is 2.38. The van der Waals surface area contributed by atoms with E-state index in [1.165, 1.54) is 19.3 Å². The molecule has 2 nitrogen and oxygen atoms in total. The molecule has 0 aromatic heterocycles. The molecule has 3 heteroatoms. The third-order valence-corrected chi connectivity index (χ3v) is 3.67. The van der Waals surface area contributed by atoms with Crippen LogP contribution in [0.2, 0.25) is 0 Å². The lowest BCUT2D eigenvalue weighted by molar-refractivity contribution is 0.296. The van der Waals surface area contributed by atoms with Crippen molar-refractivity contribution in [1.82, 2.24) is 5.32 Å². The minimum absolute atomic E-state index is 0.325. The Morgan fingerprint density at radius 3 is 2.44 bits per heavy atom. The van der Waals surface area contributed by atoms with Crippen molar-refractivity contribution in [2.75, 3.05) is 24.7 Å². The van der Waals surface area contributed by atoms with Crippen molar-refractivity contribution in [2.45, 2.75) is 52.5 Å². The highest BCUT2D eigenvalue weighted by molar-refractivity contribution is 7.99. The first-order valence-electron chi connectivity index (χ1n) is 6.58. The van der Waals surface area contributed by atoms with E-state index in [0.29, 0.717) is 12.6 Å². The van der Waals surface area contributed by atoms with E-state index in [-0.39, 0.29) is 0 Å². The van der Waals surface area contributed by atoms with Gasteiger partial charge in [-0.3, -0.25) is 0 Å². The van der Waals surface area contributed by atoms with Gasteiger partial charge in [0, 0.05) is 24.9 Å². The minimum Gasteiger partial charge on any atom is -0.396 e. The largest absolute Gasteiger partial charge is 0.396 e. The van der Waals surface area contributed by atoms with Gasteiger partial charge in [0.25, 0.3) is 0 Å². The first kappa shape index (κ1) is 16.3. The van der Waals surface area contributed by atoms with E-state index < -0.39 is 0 Å². The van der Waals surface area contributed by atoms with Gasteiger partial charge in [-0.05, 0) is 31.4 Å². The van der Waals surface area contributed by atoms with Crippen molar-refractivity contribution in [1.29, 1.82) is 0 Å². The van der Waals surface area contributed by atoms with E-state index in [4.69, 9.17) is 5.11 Å². The SMILES string of the molecule is CC(C)CCCC(C)NCCSCCCO. The Kier molecular flexibility index (Phi) is 11.9. The molecule has 0 aromatic rings. The van der Waals surface area contributed by atoms with Crippen molar-refractivity contribution in [3.63, 3.8) is 0 Å². The quantitative estimate of drug-likeness (QED) is 0.551. The van der Waals surface area contributed by atoms with Gasteiger partial charge in [-0.15, -0.1) is 0 Å². The zero-order valence-corrected chi connectivity index (χ0v) is 12.0. The molecule has 0 aliphatic carbocycles. The van der Waals surface area contributed by atoms with Crippen LogP contribution in [0.1, 0.15) is 46.5 Å². The molecule has 16 heavy (non-hydrogen) atoms. The Balaban J connectivity index is 3.14. The van der Waals surface area contributed by atoms with E-state index in [0.717, 1.165) is 30.4 Å². The first-order chi connectivity index (χ1) is 7.66. The van der Waals surface area contributed by atoms with Gasteiger partial charge in [-0.2, -0.15) is 11.8 Å². The molecular formula is C13H29NOS. The smallest absolute Gasteiger partial charge is 0.0438 e. The minimum atomic E-state index is 0.325. The summed E-state index contributed by atoms with van der Waals surface area (Å²) in [6.45, 7) is 8.27. The summed E-state index contributed by atoms with van der Waals surface area (Å²) in [5, 5.41) is 12.2. The second kappa shape index (κ2) is 11.7. The number of hydrogen-bond acceptors (Lipinski definition) is 3. The Labute approximate surface area is 106 Å². The van der Waals surface area contributed by atoms with Crippen LogP contribution in [-0.2, 0) is 0 Å². The average Bonchev–Trinajstić information content (AvgIpc) is 2.22. The van der Waals surface area contributed by atoms with Crippen molar-refractivity contribution < 1.29 is 5.11 Å². The van der Waals surface area contributed by atoms with E-state index in [1.54, 1.807) is 0 Å². The average molecular weight is 247 g/mol. The highest BCUT2D eigenvalue weighted by atomic mass is 32.2. The second-order valence-electron chi connectivity index (χ2n) is 4.87. The topological polar surface area (TPSA) is 32.3 Å². The van der Waals surface area contributed by atoms with Gasteiger partial charge in [0.15, 0.2) is 0 Å². The Morgan fingerprint density at radius 2 is 1.81 bits per heavy atom. The molecule has 0 saturated heterocycles. The van der Waals surface area contributed by atoms with E-state index >= 15 is 0 Å². The van der Waals surface area contributed by atoms with E-state index in [1.807, 2.05) is 11.8 Å². The maximum atomic E-state index is 8.62. The predicted molar refractivity (Wildman–Crippen MR) is 75.2 cm³/mol. The number of nitrogens with one attached hydrogen (secondary N) is 1. The molecule has 2 N–H and O–H groups in total. The normalized spacial score (nSPS) is 13.3. The van der Waals surface area contributed by atoms with Gasteiger partial charge < -0.3 is 10.4 Å². The Bertz CT molecular complexity index is 142. The van der Waals surface area contributed by atoms with Crippen LogP contribution >= 0.6 is 11.8 Å². The van der Waals surface area contributed by atoms with Crippen LogP contribution < -0.4 is 5.32 Å². The molecule has 0 aromatic carbocycles. The monoisotopic (exact) mass is 247 g/mol. The molecule has 1 atom stereocenters. The van der Waals surface area contributed by atoms with E-state index in [2.05, 4.69) is 26.1 Å². The predicted octanol–water partition coefficient (Wildman–Crippen LogP) is 2.91. The summed E-state index contributed by atoms with van der Waals surface area (Å²) in [5.41, 5.74) is 0. The van der Waals surface area contributed by atoms with Gasteiger partial charge in [0.1, 0.15) is 0 Å². The lowest BCUT2D eigenvalue weighted by Gasteiger charge is -2.14. The molecule has 0 fully saturated rings. The highest BCUT2D eigenvalue weighted by Crippen LogP contribution is 2.08. The molecule has 0 radical (unpaired) electrons. The molecule has 0 saturated carbocycles. The highest BCUT2D eigenvalue weighted by Gasteiger charge is 2.01. The number of thioether (sulfide) groups is 1. The summed E-state index contributed by atoms with van der Waals surface area (Å²) in [7, 11) is 0. The first-order valence-corrected chi connectivity index (χ1v) is 7.74. The molecule has 0 rings (SSSR count). The molecular weight excluding hydrogens is 218 g/mol. The summed E-state index contributed by atoms with van der Waals surface area (Å²) < 4.78 is 0. The van der Waals surface area contributed by atoms with Gasteiger partial charge in [-0.25, -0.2) is 0 Å². The lowest BCUT2D eigenvalue weighted by Crippen LogP contribution is -2.28. The number of rotatable bonds is 11. The summed E-state index contributed by atoms with van der Waals surface area (Å²) in [5.74, 6) is 3.08. The zero-order valence-electron chi connectivity index (χ0n) is 11.2. The standard InChI is InChI=1S/C13H29NOS/c1-12(2)6-4-7-13(3)14-8-11-16-10-5-9-15/h12-15H,4-11H2,1-3H3. The molecule has 0 amide bonds. The van der Waals surface area contributed by atoms with Crippen LogP contribution in [-0.4, -0.2) is 35.8 Å². The summed E-state index contributed by atoms with van der Waals surface area (Å²) in [6, 6.07) is 0.650. The number of aliphatic hydroxyl groups is 1. The summed E-state index contributed by atoms with van der Waals surface area (Å²) >= 11 is 1.93. The van der Waals surface area contributed by atoms with E-state index in [9.17, 15) is 0 Å². The maximum absolute atomic E-state index is 8.62. The third kappa shape index (κ3) is 12.3. The van der Waals surface area contributed by atoms with Crippen LogP contribution in [0.3, 0.4) is 0 Å². The van der Waals surface area contributed by atoms with Crippen molar-refractivity contribution in [3.8, 4) is 0 Å². The van der Waals surface area contributed by atoms with Crippen molar-refractivity contribution in [3.05, 3.63) is 0 Å². The van der Waals surface area contributed by atoms with Gasteiger partial charge in [-0.1, -0.05) is 26.7 Å². The third-order valence-electron chi connectivity index (χ3n) is 2.60. The van der Waals surface area contributed by atoms with Crippen LogP contribution in [0.25, 0.3) is 0 Å². The fourth-order valence-electron chi connectivity index (χ4n) is 1.58. The Hall–Kier alpha value is 0.270. The van der Waals surface area contributed by atoms with Gasteiger partial charge in [0.2, 0.25) is 0 Å².